The van der Waals surface area contributed by atoms with Crippen molar-refractivity contribution in [3.05, 3.63) is 0 Å². The van der Waals surface area contributed by atoms with Crippen LogP contribution in [0.2, 0.25) is 6.04 Å². The Bertz CT molecular complexity index is 169. The van der Waals surface area contributed by atoms with E-state index in [1.54, 1.807) is 21.3 Å². The largest absolute Gasteiger partial charge is 1.00 e. The topological polar surface area (TPSA) is 27.7 Å². The zero-order chi connectivity index (χ0) is 11.9. The fourth-order valence-electron chi connectivity index (χ4n) is 1.44. The molecule has 0 aromatic heterocycles. The Morgan fingerprint density at radius 3 is 1.75 bits per heavy atom. The predicted octanol–water partition coefficient (Wildman–Crippen LogP) is -1.65. The molecular weight excluding hydrogens is 337 g/mol. The monoisotopic (exact) mass is 363 g/mol. The van der Waals surface area contributed by atoms with E-state index in [4.69, 9.17) is 13.3 Å². The molecule has 6 heteroatoms. The molecule has 0 aromatic carbocycles. The van der Waals surface area contributed by atoms with Crippen LogP contribution >= 0.6 is 0 Å². The van der Waals surface area contributed by atoms with Crippen molar-refractivity contribution in [2.24, 2.45) is 0 Å². The summed E-state index contributed by atoms with van der Waals surface area (Å²) in [5.41, 5.74) is 0. The number of hydrogen-bond acceptors (Lipinski definition) is 3. The lowest BCUT2D eigenvalue weighted by Crippen LogP contribution is -3.00. The van der Waals surface area contributed by atoms with Crippen molar-refractivity contribution < 1.29 is 41.7 Å². The highest BCUT2D eigenvalue weighted by Gasteiger charge is 2.37. The number of rotatable bonds is 8. The van der Waals surface area contributed by atoms with Crippen molar-refractivity contribution in [1.82, 2.24) is 0 Å². The molecule has 0 rings (SSSR count). The summed E-state index contributed by atoms with van der Waals surface area (Å²) in [6, 6.07) is 0.887. The third-order valence-electron chi connectivity index (χ3n) is 3.04. The lowest BCUT2D eigenvalue weighted by Gasteiger charge is -2.30. The molecule has 0 aliphatic carbocycles. The number of hydrogen-bond donors (Lipinski definition) is 0. The van der Waals surface area contributed by atoms with Crippen molar-refractivity contribution in [2.45, 2.75) is 19.4 Å². The Hall–Kier alpha value is 0.787. The molecule has 0 heterocycles. The van der Waals surface area contributed by atoms with Crippen LogP contribution in [-0.2, 0) is 13.3 Å². The van der Waals surface area contributed by atoms with E-state index in [0.29, 0.717) is 0 Å². The first-order valence-electron chi connectivity index (χ1n) is 5.42. The minimum atomic E-state index is -2.34. The van der Waals surface area contributed by atoms with Gasteiger partial charge in [0.05, 0.1) is 27.2 Å². The van der Waals surface area contributed by atoms with E-state index in [2.05, 4.69) is 21.0 Å². The second-order valence-electron chi connectivity index (χ2n) is 4.37. The van der Waals surface area contributed by atoms with E-state index in [1.807, 2.05) is 0 Å². The molecule has 0 radical (unpaired) electrons. The highest BCUT2D eigenvalue weighted by Crippen LogP contribution is 2.16. The Morgan fingerprint density at radius 1 is 1.00 bits per heavy atom. The zero-order valence-electron chi connectivity index (χ0n) is 11.4. The Morgan fingerprint density at radius 2 is 1.44 bits per heavy atom. The van der Waals surface area contributed by atoms with Crippen LogP contribution in [0.25, 0.3) is 0 Å². The molecule has 0 bridgehead atoms. The molecule has 0 atom stereocenters. The molecule has 0 aliphatic heterocycles. The first-order chi connectivity index (χ1) is 6.95. The van der Waals surface area contributed by atoms with E-state index in [0.717, 1.165) is 30.0 Å². The molecule has 0 aromatic rings. The van der Waals surface area contributed by atoms with Gasteiger partial charge in [0.1, 0.15) is 0 Å². The van der Waals surface area contributed by atoms with Gasteiger partial charge < -0.3 is 41.7 Å². The van der Waals surface area contributed by atoms with Gasteiger partial charge in [0.25, 0.3) is 0 Å². The van der Waals surface area contributed by atoms with Gasteiger partial charge in [-0.3, -0.25) is 0 Å². The number of halogens is 1. The van der Waals surface area contributed by atoms with Gasteiger partial charge in [-0.1, -0.05) is 0 Å². The summed E-state index contributed by atoms with van der Waals surface area (Å²) in [5.74, 6) is 0. The summed E-state index contributed by atoms with van der Waals surface area (Å²) < 4.78 is 17.1. The van der Waals surface area contributed by atoms with Crippen molar-refractivity contribution in [3.63, 3.8) is 0 Å². The van der Waals surface area contributed by atoms with Gasteiger partial charge in [0, 0.05) is 33.8 Å². The van der Waals surface area contributed by atoms with E-state index >= 15 is 0 Å². The summed E-state index contributed by atoms with van der Waals surface area (Å²) in [6.07, 6.45) is 1.07. The molecule has 0 N–H and O–H groups in total. The Balaban J connectivity index is 0. The first kappa shape index (κ1) is 19.1. The fraction of sp³-hybridized carbons (Fsp3) is 1.00. The molecule has 0 unspecified atom stereocenters. The van der Waals surface area contributed by atoms with Crippen molar-refractivity contribution in [3.8, 4) is 0 Å². The summed E-state index contributed by atoms with van der Waals surface area (Å²) >= 11 is 0. The van der Waals surface area contributed by atoms with Gasteiger partial charge in [0.2, 0.25) is 0 Å². The maximum absolute atomic E-state index is 5.37. The molecule has 100 valence electrons. The third kappa shape index (κ3) is 6.50. The molecule has 0 spiro atoms. The van der Waals surface area contributed by atoms with Crippen LogP contribution in [0, 0.1) is 0 Å². The highest BCUT2D eigenvalue weighted by atomic mass is 127. The average Bonchev–Trinajstić information content (AvgIpc) is 2.25. The van der Waals surface area contributed by atoms with E-state index in [9.17, 15) is 0 Å². The normalized spacial score (nSPS) is 12.4. The standard InChI is InChI=1S/C10H26NO3Si.HI/c1-7-11(2,3)9-8-10-15(12-4,13-5)14-6;/h7-10H2,1-6H3;1H/q+1;/p-1. The molecular formula is C10H26INO3Si. The summed E-state index contributed by atoms with van der Waals surface area (Å²) in [4.78, 5) is 0. The summed E-state index contributed by atoms with van der Waals surface area (Å²) in [5, 5.41) is 0. The van der Waals surface area contributed by atoms with Crippen molar-refractivity contribution in [2.75, 3.05) is 48.5 Å². The third-order valence-corrected chi connectivity index (χ3v) is 5.87. The Labute approximate surface area is 118 Å². The van der Waals surface area contributed by atoms with E-state index < -0.39 is 8.80 Å². The second kappa shape index (κ2) is 8.82. The molecule has 0 saturated carbocycles. The van der Waals surface area contributed by atoms with Gasteiger partial charge in [-0.15, -0.1) is 0 Å². The maximum atomic E-state index is 5.37. The quantitative estimate of drug-likeness (QED) is 0.294. The van der Waals surface area contributed by atoms with E-state index in [-0.39, 0.29) is 24.0 Å². The van der Waals surface area contributed by atoms with Crippen LogP contribution in [0.1, 0.15) is 13.3 Å². The Kier molecular flexibility index (Phi) is 10.5. The minimum Gasteiger partial charge on any atom is -1.00 e. The van der Waals surface area contributed by atoms with Crippen LogP contribution < -0.4 is 24.0 Å². The maximum Gasteiger partial charge on any atom is 0.500 e. The van der Waals surface area contributed by atoms with Gasteiger partial charge in [-0.25, -0.2) is 0 Å². The zero-order valence-corrected chi connectivity index (χ0v) is 14.5. The van der Waals surface area contributed by atoms with Gasteiger partial charge in [-0.2, -0.15) is 0 Å². The van der Waals surface area contributed by atoms with Crippen molar-refractivity contribution in [1.29, 1.82) is 0 Å². The van der Waals surface area contributed by atoms with Crippen LogP contribution in [-0.4, -0.2) is 61.8 Å². The van der Waals surface area contributed by atoms with Gasteiger partial charge in [0.15, 0.2) is 0 Å². The van der Waals surface area contributed by atoms with Crippen LogP contribution in [0.5, 0.6) is 0 Å². The van der Waals surface area contributed by atoms with Gasteiger partial charge in [-0.05, 0) is 6.92 Å². The molecule has 16 heavy (non-hydrogen) atoms. The van der Waals surface area contributed by atoms with Crippen LogP contribution in [0.4, 0.5) is 0 Å². The lowest BCUT2D eigenvalue weighted by atomic mass is 10.4. The smallest absolute Gasteiger partial charge is 0.500 e. The van der Waals surface area contributed by atoms with Gasteiger partial charge >= 0.3 is 8.80 Å². The minimum absolute atomic E-state index is 0. The molecule has 0 saturated heterocycles. The second-order valence-corrected chi connectivity index (χ2v) is 7.47. The molecule has 4 nitrogen and oxygen atoms in total. The fourth-order valence-corrected chi connectivity index (χ4v) is 3.14. The molecule has 0 amide bonds. The van der Waals surface area contributed by atoms with E-state index in [1.165, 1.54) is 0 Å². The van der Waals surface area contributed by atoms with Crippen molar-refractivity contribution >= 4 is 8.80 Å². The molecule has 0 fully saturated rings. The van der Waals surface area contributed by atoms with Crippen LogP contribution in [0.3, 0.4) is 0 Å². The molecule has 0 aliphatic rings. The first-order valence-corrected chi connectivity index (χ1v) is 7.36. The average molecular weight is 363 g/mol. The summed E-state index contributed by atoms with van der Waals surface area (Å²) in [7, 11) is 7.12. The number of quaternary nitrogens is 1. The lowest BCUT2D eigenvalue weighted by molar-refractivity contribution is -0.888. The SMILES string of the molecule is CC[N+](C)(C)CCC[Si](OC)(OC)OC.[I-]. The predicted molar refractivity (Wildman–Crippen MR) is 63.7 cm³/mol. The highest BCUT2D eigenvalue weighted by molar-refractivity contribution is 6.60. The number of nitrogens with zero attached hydrogens (tertiary/aromatic N) is 1. The van der Waals surface area contributed by atoms with Crippen LogP contribution in [0.15, 0.2) is 0 Å². The summed E-state index contributed by atoms with van der Waals surface area (Å²) in [6.45, 7) is 4.47.